The number of ether oxygens (including phenoxy) is 1. The molecule has 3 nitrogen and oxygen atoms in total. The fraction of sp³-hybridized carbons (Fsp3) is 0.500. The van der Waals surface area contributed by atoms with Crippen molar-refractivity contribution in [2.24, 2.45) is 5.92 Å². The van der Waals surface area contributed by atoms with Crippen LogP contribution in [-0.2, 0) is 11.3 Å². The Bertz CT molecular complexity index is 422. The maximum absolute atomic E-state index is 10.8. The largest absolute Gasteiger partial charge is 0.496 e. The maximum Gasteiger partial charge on any atom is 0.133 e. The van der Waals surface area contributed by atoms with Crippen LogP contribution in [0.3, 0.4) is 0 Å². The van der Waals surface area contributed by atoms with Crippen LogP contribution in [0.4, 0.5) is 0 Å². The number of aldehydes is 1. The van der Waals surface area contributed by atoms with E-state index in [0.29, 0.717) is 0 Å². The van der Waals surface area contributed by atoms with Crippen molar-refractivity contribution in [1.29, 1.82) is 0 Å². The van der Waals surface area contributed by atoms with Crippen LogP contribution in [0.25, 0.3) is 0 Å². The van der Waals surface area contributed by atoms with Crippen LogP contribution in [0.15, 0.2) is 22.7 Å². The molecule has 1 aliphatic heterocycles. The van der Waals surface area contributed by atoms with Gasteiger partial charge in [-0.05, 0) is 53.0 Å². The number of nitrogens with zero attached hydrogens (tertiary/aromatic N) is 1. The van der Waals surface area contributed by atoms with Crippen molar-refractivity contribution < 1.29 is 9.53 Å². The second-order valence-electron chi connectivity index (χ2n) is 4.74. The Kier molecular flexibility index (Phi) is 4.78. The van der Waals surface area contributed by atoms with Crippen molar-refractivity contribution in [3.63, 3.8) is 0 Å². The van der Waals surface area contributed by atoms with Crippen molar-refractivity contribution >= 4 is 22.2 Å². The number of methoxy groups -OCH3 is 1. The van der Waals surface area contributed by atoms with Gasteiger partial charge in [-0.15, -0.1) is 0 Å². The Balaban J connectivity index is 2.00. The molecule has 0 radical (unpaired) electrons. The van der Waals surface area contributed by atoms with Crippen LogP contribution in [0.5, 0.6) is 5.75 Å². The minimum absolute atomic E-state index is 0.209. The summed E-state index contributed by atoms with van der Waals surface area (Å²) in [4.78, 5) is 13.2. The number of carbonyl (C=O) groups is 1. The first-order chi connectivity index (χ1) is 8.72. The zero-order valence-corrected chi connectivity index (χ0v) is 12.1. The van der Waals surface area contributed by atoms with Gasteiger partial charge in [-0.25, -0.2) is 0 Å². The maximum atomic E-state index is 10.8. The highest BCUT2D eigenvalue weighted by atomic mass is 79.9. The van der Waals surface area contributed by atoms with Crippen LogP contribution in [0.1, 0.15) is 18.4 Å². The fourth-order valence-electron chi connectivity index (χ4n) is 2.41. The topological polar surface area (TPSA) is 29.5 Å². The van der Waals surface area contributed by atoms with E-state index < -0.39 is 0 Å². The van der Waals surface area contributed by atoms with Crippen molar-refractivity contribution in [2.45, 2.75) is 19.4 Å². The lowest BCUT2D eigenvalue weighted by Gasteiger charge is -2.30. The standard InChI is InChI=1S/C14H18BrNO2/c1-18-14-5-4-11(7-13(14)15)8-16-6-2-3-12(9-16)10-17/h4-5,7,10,12H,2-3,6,8-9H2,1H3. The third-order valence-corrected chi connectivity index (χ3v) is 3.98. The van der Waals surface area contributed by atoms with Crippen LogP contribution in [0, 0.1) is 5.92 Å². The number of likely N-dealkylation sites (tertiary alicyclic amines) is 1. The summed E-state index contributed by atoms with van der Waals surface area (Å²) in [5.74, 6) is 1.06. The van der Waals surface area contributed by atoms with Gasteiger partial charge >= 0.3 is 0 Å². The molecule has 98 valence electrons. The summed E-state index contributed by atoms with van der Waals surface area (Å²) in [6.45, 7) is 2.86. The molecule has 4 heteroatoms. The zero-order chi connectivity index (χ0) is 13.0. The lowest BCUT2D eigenvalue weighted by Crippen LogP contribution is -2.35. The van der Waals surface area contributed by atoms with E-state index in [-0.39, 0.29) is 5.92 Å². The molecule has 1 unspecified atom stereocenters. The van der Waals surface area contributed by atoms with E-state index in [1.807, 2.05) is 6.07 Å². The number of benzene rings is 1. The molecular formula is C14H18BrNO2. The molecule has 0 N–H and O–H groups in total. The summed E-state index contributed by atoms with van der Waals surface area (Å²) >= 11 is 3.50. The molecule has 18 heavy (non-hydrogen) atoms. The monoisotopic (exact) mass is 311 g/mol. The number of hydrogen-bond donors (Lipinski definition) is 0. The highest BCUT2D eigenvalue weighted by Crippen LogP contribution is 2.26. The smallest absolute Gasteiger partial charge is 0.133 e. The lowest BCUT2D eigenvalue weighted by molar-refractivity contribution is -0.112. The molecule has 1 atom stereocenters. The fourth-order valence-corrected chi connectivity index (χ4v) is 3.00. The van der Waals surface area contributed by atoms with E-state index in [4.69, 9.17) is 4.74 Å². The van der Waals surface area contributed by atoms with Gasteiger partial charge in [0.2, 0.25) is 0 Å². The summed E-state index contributed by atoms with van der Waals surface area (Å²) in [5, 5.41) is 0. The minimum Gasteiger partial charge on any atom is -0.496 e. The molecule has 2 rings (SSSR count). The molecule has 0 bridgehead atoms. The molecule has 1 saturated heterocycles. The van der Waals surface area contributed by atoms with Crippen molar-refractivity contribution in [2.75, 3.05) is 20.2 Å². The van der Waals surface area contributed by atoms with Crippen molar-refractivity contribution in [3.8, 4) is 5.75 Å². The van der Waals surface area contributed by atoms with E-state index in [1.54, 1.807) is 7.11 Å². The number of piperidine rings is 1. The Morgan fingerprint density at radius 3 is 3.06 bits per heavy atom. The van der Waals surface area contributed by atoms with E-state index >= 15 is 0 Å². The lowest BCUT2D eigenvalue weighted by atomic mass is 9.99. The summed E-state index contributed by atoms with van der Waals surface area (Å²) in [5.41, 5.74) is 1.24. The van der Waals surface area contributed by atoms with Gasteiger partial charge in [-0.1, -0.05) is 6.07 Å². The zero-order valence-electron chi connectivity index (χ0n) is 10.6. The first-order valence-electron chi connectivity index (χ1n) is 6.23. The first kappa shape index (κ1) is 13.6. The highest BCUT2D eigenvalue weighted by molar-refractivity contribution is 9.10. The molecule has 1 aromatic carbocycles. The molecule has 1 heterocycles. The number of hydrogen-bond acceptors (Lipinski definition) is 3. The highest BCUT2D eigenvalue weighted by Gasteiger charge is 2.19. The SMILES string of the molecule is COc1ccc(CN2CCCC(C=O)C2)cc1Br. The van der Waals surface area contributed by atoms with E-state index in [0.717, 1.165) is 49.0 Å². The molecule has 0 saturated carbocycles. The predicted molar refractivity (Wildman–Crippen MR) is 74.8 cm³/mol. The summed E-state index contributed by atoms with van der Waals surface area (Å²) in [6, 6.07) is 6.14. The molecule has 1 aromatic rings. The van der Waals surface area contributed by atoms with Gasteiger partial charge in [-0.2, -0.15) is 0 Å². The summed E-state index contributed by atoms with van der Waals surface area (Å²) in [7, 11) is 1.67. The molecule has 1 fully saturated rings. The van der Waals surface area contributed by atoms with Gasteiger partial charge < -0.3 is 9.53 Å². The Hall–Kier alpha value is -0.870. The Morgan fingerprint density at radius 2 is 2.39 bits per heavy atom. The molecule has 0 amide bonds. The molecule has 0 aromatic heterocycles. The number of halogens is 1. The van der Waals surface area contributed by atoms with Gasteiger partial charge in [0.15, 0.2) is 0 Å². The normalized spacial score (nSPS) is 20.7. The van der Waals surface area contributed by atoms with Crippen LogP contribution in [-0.4, -0.2) is 31.4 Å². The van der Waals surface area contributed by atoms with E-state index in [9.17, 15) is 4.79 Å². The van der Waals surface area contributed by atoms with Gasteiger partial charge in [0.05, 0.1) is 11.6 Å². The molecule has 1 aliphatic rings. The third-order valence-electron chi connectivity index (χ3n) is 3.36. The summed E-state index contributed by atoms with van der Waals surface area (Å²) in [6.07, 6.45) is 3.24. The Morgan fingerprint density at radius 1 is 1.56 bits per heavy atom. The van der Waals surface area contributed by atoms with Gasteiger partial charge in [0, 0.05) is 19.0 Å². The summed E-state index contributed by atoms with van der Waals surface area (Å²) < 4.78 is 6.20. The quantitative estimate of drug-likeness (QED) is 0.801. The minimum atomic E-state index is 0.209. The van der Waals surface area contributed by atoms with Crippen LogP contribution < -0.4 is 4.74 Å². The van der Waals surface area contributed by atoms with Gasteiger partial charge in [-0.3, -0.25) is 4.90 Å². The third kappa shape index (κ3) is 3.33. The molecular weight excluding hydrogens is 294 g/mol. The van der Waals surface area contributed by atoms with Crippen molar-refractivity contribution in [3.05, 3.63) is 28.2 Å². The average molecular weight is 312 g/mol. The van der Waals surface area contributed by atoms with Crippen molar-refractivity contribution in [1.82, 2.24) is 4.90 Å². The second-order valence-corrected chi connectivity index (χ2v) is 5.60. The first-order valence-corrected chi connectivity index (χ1v) is 7.02. The predicted octanol–water partition coefficient (Wildman–Crippen LogP) is 2.87. The Labute approximate surface area is 116 Å². The number of rotatable bonds is 4. The van der Waals surface area contributed by atoms with E-state index in [2.05, 4.69) is 33.0 Å². The van der Waals surface area contributed by atoms with E-state index in [1.165, 1.54) is 5.56 Å². The molecule has 0 aliphatic carbocycles. The molecule has 0 spiro atoms. The van der Waals surface area contributed by atoms with Crippen LogP contribution >= 0.6 is 15.9 Å². The number of carbonyl (C=O) groups excluding carboxylic acids is 1. The van der Waals surface area contributed by atoms with Gasteiger partial charge in [0.25, 0.3) is 0 Å². The van der Waals surface area contributed by atoms with Crippen LogP contribution in [0.2, 0.25) is 0 Å². The second kappa shape index (κ2) is 6.34. The van der Waals surface area contributed by atoms with Gasteiger partial charge in [0.1, 0.15) is 12.0 Å². The average Bonchev–Trinajstić information content (AvgIpc) is 2.39.